The first-order valence-electron chi connectivity index (χ1n) is 18.6. The van der Waals surface area contributed by atoms with Crippen LogP contribution in [0.3, 0.4) is 0 Å². The van der Waals surface area contributed by atoms with E-state index in [4.69, 9.17) is 15.2 Å². The predicted molar refractivity (Wildman–Crippen MR) is 208 cm³/mol. The van der Waals surface area contributed by atoms with Crippen LogP contribution in [0.15, 0.2) is 72.8 Å². The van der Waals surface area contributed by atoms with Gasteiger partial charge in [0.2, 0.25) is 17.7 Å². The van der Waals surface area contributed by atoms with Crippen molar-refractivity contribution in [3.63, 3.8) is 0 Å². The number of anilines is 1. The normalized spacial score (nSPS) is 15.5. The van der Waals surface area contributed by atoms with Gasteiger partial charge < -0.3 is 46.7 Å². The molecule has 20 heteroatoms. The van der Waals surface area contributed by atoms with Crippen LogP contribution in [0.25, 0.3) is 0 Å². The van der Waals surface area contributed by atoms with Gasteiger partial charge in [-0.25, -0.2) is 9.59 Å². The average molecular weight is 819 g/mol. The molecule has 59 heavy (non-hydrogen) atoms. The molecule has 7 N–H and O–H groups in total. The smallest absolute Gasteiger partial charge is 0.514 e. The van der Waals surface area contributed by atoms with Crippen LogP contribution >= 0.6 is 0 Å². The van der Waals surface area contributed by atoms with Gasteiger partial charge in [-0.1, -0.05) is 26.0 Å². The molecule has 2 aliphatic rings. The van der Waals surface area contributed by atoms with E-state index in [2.05, 4.69) is 21.3 Å². The Morgan fingerprint density at radius 3 is 2.00 bits per heavy atom. The molecule has 2 unspecified atom stereocenters. The summed E-state index contributed by atoms with van der Waals surface area (Å²) >= 11 is 0. The van der Waals surface area contributed by atoms with Crippen LogP contribution in [0.4, 0.5) is 21.0 Å². The van der Waals surface area contributed by atoms with Crippen molar-refractivity contribution in [2.24, 2.45) is 11.7 Å². The molecule has 0 saturated heterocycles. The van der Waals surface area contributed by atoms with Crippen LogP contribution in [0.1, 0.15) is 45.1 Å². The third kappa shape index (κ3) is 13.3. The number of quaternary nitrogens is 1. The third-order valence-corrected chi connectivity index (χ3v) is 9.11. The summed E-state index contributed by atoms with van der Waals surface area (Å²) in [6.07, 6.45) is 3.08. The van der Waals surface area contributed by atoms with Crippen molar-refractivity contribution >= 4 is 64.9 Å². The van der Waals surface area contributed by atoms with Crippen molar-refractivity contribution in [1.82, 2.24) is 25.8 Å². The summed E-state index contributed by atoms with van der Waals surface area (Å²) < 4.78 is 10.3. The van der Waals surface area contributed by atoms with Crippen molar-refractivity contribution in [2.45, 2.75) is 64.3 Å². The molecular formula is C39H46N8O12. The van der Waals surface area contributed by atoms with Gasteiger partial charge in [0, 0.05) is 55.1 Å². The molecule has 9 amide bonds. The average Bonchev–Trinajstić information content (AvgIpc) is 3.69. The minimum absolute atomic E-state index is 0.0541. The number of ether oxygens (including phenoxy) is 2. The van der Waals surface area contributed by atoms with Gasteiger partial charge in [0.1, 0.15) is 30.1 Å². The monoisotopic (exact) mass is 818 g/mol. The molecule has 314 valence electrons. The number of primary amides is 1. The Morgan fingerprint density at radius 2 is 1.42 bits per heavy atom. The standard InChI is InChI=1S/C39H46N8O12/c1-23(2)35(44-30(48)15-12-27(47-33(51)18-19-34(47)52)21-46-31(49)16-17-32(46)50)37(54)43-29(5-4-20-41-38(40)55)36(53)42-25-8-6-24(7-9-25)22-58-39(56)59-28-13-10-26(11-14-28)45(3)57/h6-11,13-14,16-19,23,27,29,35,45H,4-5,12,15,20-22H2,1-3H3,(H,42,53)(H,43,54)(H,44,48)(H3,40,41,55)/t27?,29-,35-/m0/s1. The van der Waals surface area contributed by atoms with Gasteiger partial charge in [-0.2, -0.15) is 0 Å². The molecule has 2 heterocycles. The minimum Gasteiger partial charge on any atom is -0.629 e. The van der Waals surface area contributed by atoms with E-state index in [1.807, 2.05) is 0 Å². The minimum atomic E-state index is -1.15. The summed E-state index contributed by atoms with van der Waals surface area (Å²) in [4.78, 5) is 115. The largest absolute Gasteiger partial charge is 0.629 e. The van der Waals surface area contributed by atoms with E-state index in [0.29, 0.717) is 16.9 Å². The number of hydroxylamine groups is 1. The molecule has 0 aliphatic carbocycles. The maximum Gasteiger partial charge on any atom is 0.514 e. The zero-order valence-electron chi connectivity index (χ0n) is 32.6. The highest BCUT2D eigenvalue weighted by atomic mass is 16.7. The Morgan fingerprint density at radius 1 is 0.814 bits per heavy atom. The first-order valence-corrected chi connectivity index (χ1v) is 18.6. The summed E-state index contributed by atoms with van der Waals surface area (Å²) in [5.74, 6) is -4.84. The third-order valence-electron chi connectivity index (χ3n) is 9.11. The Balaban J connectivity index is 1.35. The molecular weight excluding hydrogens is 772 g/mol. The maximum absolute atomic E-state index is 13.6. The Kier molecular flexibility index (Phi) is 15.9. The Bertz CT molecular complexity index is 1950. The number of carbonyl (C=O) groups excluding carboxylic acids is 9. The molecule has 0 saturated carbocycles. The lowest BCUT2D eigenvalue weighted by molar-refractivity contribution is -0.751. The number of hydrogen-bond acceptors (Lipinski definition) is 12. The summed E-state index contributed by atoms with van der Waals surface area (Å²) in [5, 5.41) is 21.8. The molecule has 2 aliphatic heterocycles. The van der Waals surface area contributed by atoms with Crippen molar-refractivity contribution < 1.29 is 57.7 Å². The first kappa shape index (κ1) is 44.8. The molecule has 0 bridgehead atoms. The highest BCUT2D eigenvalue weighted by molar-refractivity contribution is 6.14. The maximum atomic E-state index is 13.6. The van der Waals surface area contributed by atoms with Gasteiger partial charge in [0.05, 0.1) is 19.6 Å². The fourth-order valence-electron chi connectivity index (χ4n) is 5.96. The second kappa shape index (κ2) is 21.0. The van der Waals surface area contributed by atoms with E-state index in [-0.39, 0.29) is 56.2 Å². The topological polar surface area (TPSA) is 280 Å². The number of urea groups is 1. The number of carbonyl (C=O) groups is 9. The Hall–Kier alpha value is -6.93. The lowest BCUT2D eigenvalue weighted by Crippen LogP contribution is -2.98. The quantitative estimate of drug-likeness (QED) is 0.0340. The number of imide groups is 2. The number of amides is 9. The van der Waals surface area contributed by atoms with Crippen LogP contribution < -0.4 is 36.8 Å². The van der Waals surface area contributed by atoms with Gasteiger partial charge in [-0.05, 0) is 55.0 Å². The van der Waals surface area contributed by atoms with E-state index in [1.165, 1.54) is 31.3 Å². The van der Waals surface area contributed by atoms with Gasteiger partial charge in [-0.15, -0.1) is 0 Å². The van der Waals surface area contributed by atoms with Crippen LogP contribution in [0.2, 0.25) is 0 Å². The zero-order chi connectivity index (χ0) is 43.2. The number of hydrogen-bond donors (Lipinski definition) is 6. The van der Waals surface area contributed by atoms with E-state index in [0.717, 1.165) is 34.1 Å². The van der Waals surface area contributed by atoms with Gasteiger partial charge in [-0.3, -0.25) is 43.4 Å². The lowest BCUT2D eigenvalue weighted by atomic mass is 10.0. The van der Waals surface area contributed by atoms with Crippen molar-refractivity contribution in [3.8, 4) is 5.75 Å². The van der Waals surface area contributed by atoms with Gasteiger partial charge in [0.25, 0.3) is 23.6 Å². The second-order valence-corrected chi connectivity index (χ2v) is 13.9. The molecule has 0 fully saturated rings. The molecule has 4 rings (SSSR count). The molecule has 20 nitrogen and oxygen atoms in total. The van der Waals surface area contributed by atoms with Crippen molar-refractivity contribution in [2.75, 3.05) is 25.5 Å². The van der Waals surface area contributed by atoms with Crippen LogP contribution in [0.5, 0.6) is 5.75 Å². The van der Waals surface area contributed by atoms with Crippen LogP contribution in [-0.2, 0) is 44.9 Å². The summed E-state index contributed by atoms with van der Waals surface area (Å²) in [6, 6.07) is 8.14. The number of rotatable bonds is 20. The SMILES string of the molecule is CC(C)[C@H](NC(=O)CCC(CN1C(=O)C=CC1=O)N1C(=O)C=CC1=O)C(=O)N[C@@H](CCCNC(N)=O)C(=O)Nc1ccc(COC(=O)Oc2ccc([NH+](C)[O-])cc2)cc1. The molecule has 0 aromatic heterocycles. The van der Waals surface area contributed by atoms with Crippen molar-refractivity contribution in [1.29, 1.82) is 0 Å². The molecule has 4 atom stereocenters. The van der Waals surface area contributed by atoms with Gasteiger partial charge >= 0.3 is 12.2 Å². The van der Waals surface area contributed by atoms with E-state index in [9.17, 15) is 48.4 Å². The fraction of sp³-hybridized carbons (Fsp3) is 0.359. The molecule has 2 aromatic carbocycles. The van der Waals surface area contributed by atoms with E-state index in [1.54, 1.807) is 38.1 Å². The summed E-state index contributed by atoms with van der Waals surface area (Å²) in [7, 11) is 1.41. The number of benzene rings is 2. The molecule has 0 radical (unpaired) electrons. The zero-order valence-corrected chi connectivity index (χ0v) is 32.6. The summed E-state index contributed by atoms with van der Waals surface area (Å²) in [5.41, 5.74) is 6.51. The highest BCUT2D eigenvalue weighted by Crippen LogP contribution is 2.19. The highest BCUT2D eigenvalue weighted by Gasteiger charge is 2.36. The first-order chi connectivity index (χ1) is 28.0. The summed E-state index contributed by atoms with van der Waals surface area (Å²) in [6.45, 7) is 2.94. The second-order valence-electron chi connectivity index (χ2n) is 13.9. The van der Waals surface area contributed by atoms with E-state index >= 15 is 0 Å². The van der Waals surface area contributed by atoms with E-state index < -0.39 is 77.6 Å². The Labute approximate surface area is 338 Å². The molecule has 0 spiro atoms. The molecule has 2 aromatic rings. The van der Waals surface area contributed by atoms with Crippen molar-refractivity contribution in [3.05, 3.63) is 83.6 Å². The predicted octanol–water partition coefficient (Wildman–Crippen LogP) is 0.0576. The van der Waals surface area contributed by atoms with Gasteiger partial charge in [0.15, 0.2) is 0 Å². The van der Waals surface area contributed by atoms with Crippen LogP contribution in [0, 0.1) is 11.1 Å². The number of nitrogens with one attached hydrogen (secondary N) is 5. The number of nitrogens with zero attached hydrogens (tertiary/aromatic N) is 2. The lowest BCUT2D eigenvalue weighted by Gasteiger charge is -2.29. The number of nitrogens with two attached hydrogens (primary N) is 1. The van der Waals surface area contributed by atoms with Crippen LogP contribution in [-0.4, -0.2) is 102 Å². The fourth-order valence-corrected chi connectivity index (χ4v) is 5.96.